The predicted octanol–water partition coefficient (Wildman–Crippen LogP) is 2.22. The second-order valence-corrected chi connectivity index (χ2v) is 5.97. The first-order valence-corrected chi connectivity index (χ1v) is 7.95. The maximum atomic E-state index is 12.2. The van der Waals surface area contributed by atoms with Crippen LogP contribution in [0.15, 0.2) is 23.1 Å². The summed E-state index contributed by atoms with van der Waals surface area (Å²) in [6, 6.07) is 4.75. The van der Waals surface area contributed by atoms with E-state index in [4.69, 9.17) is 21.0 Å². The molecule has 8 heteroatoms. The van der Waals surface area contributed by atoms with Crippen molar-refractivity contribution in [3.63, 3.8) is 0 Å². The summed E-state index contributed by atoms with van der Waals surface area (Å²) in [7, 11) is 1.41. The van der Waals surface area contributed by atoms with Gasteiger partial charge >= 0.3 is 5.97 Å². The maximum absolute atomic E-state index is 12.2. The SMILES string of the molecule is C#CCN1C(=O)S/C(=C/c2ccc(O[C@H](C)C(=O)O)c(OC)c2)C1=O. The van der Waals surface area contributed by atoms with Gasteiger partial charge in [-0.15, -0.1) is 6.42 Å². The molecule has 2 amide bonds. The van der Waals surface area contributed by atoms with Gasteiger partial charge in [0.15, 0.2) is 17.6 Å². The number of carbonyl (C=O) groups is 3. The zero-order chi connectivity index (χ0) is 18.6. The molecular weight excluding hydrogens is 346 g/mol. The molecule has 1 fully saturated rings. The van der Waals surface area contributed by atoms with E-state index in [0.29, 0.717) is 11.3 Å². The van der Waals surface area contributed by atoms with Crippen LogP contribution in [0.1, 0.15) is 12.5 Å². The minimum atomic E-state index is -1.10. The van der Waals surface area contributed by atoms with Crippen LogP contribution in [0.3, 0.4) is 0 Å². The van der Waals surface area contributed by atoms with Crippen LogP contribution in [-0.2, 0) is 9.59 Å². The number of carbonyl (C=O) groups excluding carboxylic acids is 2. The van der Waals surface area contributed by atoms with Crippen molar-refractivity contribution in [1.82, 2.24) is 4.90 Å². The molecule has 0 radical (unpaired) electrons. The molecule has 1 saturated heterocycles. The van der Waals surface area contributed by atoms with E-state index < -0.39 is 23.2 Å². The van der Waals surface area contributed by atoms with Gasteiger partial charge in [0.05, 0.1) is 18.6 Å². The van der Waals surface area contributed by atoms with Crippen molar-refractivity contribution in [1.29, 1.82) is 0 Å². The number of carboxylic acid groups (broad SMARTS) is 1. The molecule has 1 N–H and O–H groups in total. The van der Waals surface area contributed by atoms with E-state index in [2.05, 4.69) is 5.92 Å². The average Bonchev–Trinajstić information content (AvgIpc) is 2.83. The van der Waals surface area contributed by atoms with Crippen molar-refractivity contribution in [2.45, 2.75) is 13.0 Å². The molecular formula is C17H15NO6S. The number of methoxy groups -OCH3 is 1. The number of aliphatic carboxylic acids is 1. The number of imide groups is 1. The predicted molar refractivity (Wildman–Crippen MR) is 92.2 cm³/mol. The standard InChI is InChI=1S/C17H15NO6S/c1-4-7-18-15(19)14(25-17(18)22)9-11-5-6-12(13(8-11)23-3)24-10(2)16(20)21/h1,5-6,8-10H,7H2,2-3H3,(H,20,21)/b14-9+/t10-/m1/s1. The molecule has 1 heterocycles. The third-order valence-corrected chi connectivity index (χ3v) is 4.17. The highest BCUT2D eigenvalue weighted by atomic mass is 32.2. The highest BCUT2D eigenvalue weighted by Crippen LogP contribution is 2.34. The quantitative estimate of drug-likeness (QED) is 0.613. The van der Waals surface area contributed by atoms with Crippen LogP contribution >= 0.6 is 11.8 Å². The fourth-order valence-corrected chi connectivity index (χ4v) is 2.83. The number of thioether (sulfide) groups is 1. The highest BCUT2D eigenvalue weighted by molar-refractivity contribution is 8.18. The van der Waals surface area contributed by atoms with Crippen molar-refractivity contribution in [2.24, 2.45) is 0 Å². The Hall–Kier alpha value is -2.92. The first kappa shape index (κ1) is 18.4. The summed E-state index contributed by atoms with van der Waals surface area (Å²) < 4.78 is 10.5. The topological polar surface area (TPSA) is 93.1 Å². The Labute approximate surface area is 148 Å². The van der Waals surface area contributed by atoms with E-state index in [1.54, 1.807) is 12.1 Å². The number of rotatable bonds is 6. The Morgan fingerprint density at radius 2 is 2.16 bits per heavy atom. The molecule has 0 spiro atoms. The molecule has 1 aromatic rings. The molecule has 1 atom stereocenters. The van der Waals surface area contributed by atoms with Gasteiger partial charge in [0, 0.05) is 0 Å². The van der Waals surface area contributed by atoms with Gasteiger partial charge in [0.2, 0.25) is 0 Å². The fourth-order valence-electron chi connectivity index (χ4n) is 1.99. The summed E-state index contributed by atoms with van der Waals surface area (Å²) in [4.78, 5) is 36.0. The molecule has 7 nitrogen and oxygen atoms in total. The Kier molecular flexibility index (Phi) is 5.72. The lowest BCUT2D eigenvalue weighted by Crippen LogP contribution is -2.28. The molecule has 25 heavy (non-hydrogen) atoms. The summed E-state index contributed by atoms with van der Waals surface area (Å²) in [6.45, 7) is 1.32. The third kappa shape index (κ3) is 4.14. The molecule has 0 aliphatic carbocycles. The lowest BCUT2D eigenvalue weighted by molar-refractivity contribution is -0.144. The van der Waals surface area contributed by atoms with Crippen molar-refractivity contribution >= 4 is 35.0 Å². The smallest absolute Gasteiger partial charge is 0.344 e. The second kappa shape index (κ2) is 7.77. The molecule has 0 unspecified atom stereocenters. The number of benzene rings is 1. The van der Waals surface area contributed by atoms with Crippen LogP contribution in [0, 0.1) is 12.3 Å². The summed E-state index contributed by atoms with van der Waals surface area (Å²) in [5, 5.41) is 8.49. The first-order chi connectivity index (χ1) is 11.9. The van der Waals surface area contributed by atoms with Gasteiger partial charge in [-0.3, -0.25) is 14.5 Å². The number of terminal acetylenes is 1. The largest absolute Gasteiger partial charge is 0.493 e. The molecule has 1 aliphatic heterocycles. The van der Waals surface area contributed by atoms with Crippen LogP contribution in [0.25, 0.3) is 6.08 Å². The minimum Gasteiger partial charge on any atom is -0.493 e. The van der Waals surface area contributed by atoms with Crippen LogP contribution in [-0.4, -0.2) is 46.9 Å². The van der Waals surface area contributed by atoms with Crippen LogP contribution in [0.5, 0.6) is 11.5 Å². The molecule has 0 saturated carbocycles. The summed E-state index contributed by atoms with van der Waals surface area (Å²) in [5.74, 6) is 1.28. The molecule has 0 bridgehead atoms. The lowest BCUT2D eigenvalue weighted by atomic mass is 10.2. The van der Waals surface area contributed by atoms with Gasteiger partial charge in [0.1, 0.15) is 0 Å². The Balaban J connectivity index is 2.27. The monoisotopic (exact) mass is 361 g/mol. The summed E-state index contributed by atoms with van der Waals surface area (Å²) in [6.07, 6.45) is 5.64. The summed E-state index contributed by atoms with van der Waals surface area (Å²) >= 11 is 0.802. The number of carboxylic acids is 1. The van der Waals surface area contributed by atoms with Gasteiger partial charge < -0.3 is 14.6 Å². The van der Waals surface area contributed by atoms with E-state index in [9.17, 15) is 14.4 Å². The van der Waals surface area contributed by atoms with Crippen molar-refractivity contribution < 1.29 is 29.0 Å². The molecule has 1 aromatic carbocycles. The van der Waals surface area contributed by atoms with Crippen LogP contribution in [0.4, 0.5) is 4.79 Å². The summed E-state index contributed by atoms with van der Waals surface area (Å²) in [5.41, 5.74) is 0.596. The van der Waals surface area contributed by atoms with Crippen LogP contribution < -0.4 is 9.47 Å². The number of amides is 2. The van der Waals surface area contributed by atoms with Gasteiger partial charge in [-0.2, -0.15) is 0 Å². The fraction of sp³-hybridized carbons (Fsp3) is 0.235. The number of ether oxygens (including phenoxy) is 2. The third-order valence-electron chi connectivity index (χ3n) is 3.26. The van der Waals surface area contributed by atoms with E-state index in [1.165, 1.54) is 26.2 Å². The van der Waals surface area contributed by atoms with Crippen molar-refractivity contribution in [3.05, 3.63) is 28.7 Å². The van der Waals surface area contributed by atoms with E-state index in [1.807, 2.05) is 0 Å². The van der Waals surface area contributed by atoms with Crippen molar-refractivity contribution in [3.8, 4) is 23.8 Å². The zero-order valence-electron chi connectivity index (χ0n) is 13.5. The van der Waals surface area contributed by atoms with E-state index in [0.717, 1.165) is 16.7 Å². The highest BCUT2D eigenvalue weighted by Gasteiger charge is 2.34. The maximum Gasteiger partial charge on any atom is 0.344 e. The van der Waals surface area contributed by atoms with Gasteiger partial charge in [-0.05, 0) is 42.5 Å². The van der Waals surface area contributed by atoms with Crippen LogP contribution in [0.2, 0.25) is 0 Å². The lowest BCUT2D eigenvalue weighted by Gasteiger charge is -2.14. The second-order valence-electron chi connectivity index (χ2n) is 4.98. The van der Waals surface area contributed by atoms with Gasteiger partial charge in [-0.1, -0.05) is 12.0 Å². The normalized spacial score (nSPS) is 16.7. The molecule has 130 valence electrons. The Morgan fingerprint density at radius 1 is 1.44 bits per heavy atom. The Bertz CT molecular complexity index is 795. The number of nitrogens with zero attached hydrogens (tertiary/aromatic N) is 1. The van der Waals surface area contributed by atoms with E-state index in [-0.39, 0.29) is 17.2 Å². The van der Waals surface area contributed by atoms with Gasteiger partial charge in [-0.25, -0.2) is 4.79 Å². The minimum absolute atomic E-state index is 0.0782. The molecule has 2 rings (SSSR count). The van der Waals surface area contributed by atoms with E-state index >= 15 is 0 Å². The zero-order valence-corrected chi connectivity index (χ0v) is 14.3. The first-order valence-electron chi connectivity index (χ1n) is 7.13. The Morgan fingerprint density at radius 3 is 2.76 bits per heavy atom. The average molecular weight is 361 g/mol. The van der Waals surface area contributed by atoms with Crippen molar-refractivity contribution in [2.75, 3.05) is 13.7 Å². The molecule has 0 aromatic heterocycles. The molecule has 1 aliphatic rings. The van der Waals surface area contributed by atoms with Gasteiger partial charge in [0.25, 0.3) is 11.1 Å². The number of hydrogen-bond donors (Lipinski definition) is 1. The number of hydrogen-bond acceptors (Lipinski definition) is 6.